The molecule has 0 bridgehead atoms. The van der Waals surface area contributed by atoms with Gasteiger partial charge in [-0.2, -0.15) is 5.10 Å². The highest BCUT2D eigenvalue weighted by Gasteiger charge is 2.24. The van der Waals surface area contributed by atoms with Crippen LogP contribution in [0.15, 0.2) is 60.7 Å². The second-order valence-electron chi connectivity index (χ2n) is 7.57. The molecule has 0 radical (unpaired) electrons. The van der Waals surface area contributed by atoms with Crippen molar-refractivity contribution in [2.24, 2.45) is 0 Å². The molecule has 4 rings (SSSR count). The Kier molecular flexibility index (Phi) is 7.62. The number of para-hydroxylation sites is 3. The molecule has 1 aliphatic heterocycles. The molecule has 32 heavy (non-hydrogen) atoms. The molecule has 1 aliphatic rings. The van der Waals surface area contributed by atoms with Crippen LogP contribution < -0.4 is 4.74 Å². The largest absolute Gasteiger partial charge is 0.494 e. The third-order valence-electron chi connectivity index (χ3n) is 5.40. The molecule has 1 aromatic heterocycles. The van der Waals surface area contributed by atoms with Crippen LogP contribution in [0.4, 0.5) is 0 Å². The summed E-state index contributed by atoms with van der Waals surface area (Å²) in [5.41, 5.74) is 3.37. The van der Waals surface area contributed by atoms with Crippen molar-refractivity contribution in [3.8, 4) is 11.4 Å². The van der Waals surface area contributed by atoms with Crippen molar-refractivity contribution in [2.45, 2.75) is 18.8 Å². The molecule has 0 atom stereocenters. The van der Waals surface area contributed by atoms with Gasteiger partial charge in [-0.3, -0.25) is 0 Å². The van der Waals surface area contributed by atoms with Crippen molar-refractivity contribution in [3.05, 3.63) is 66.4 Å². The van der Waals surface area contributed by atoms with Crippen LogP contribution in [-0.2, 0) is 9.59 Å². The van der Waals surface area contributed by atoms with E-state index in [9.17, 15) is 9.59 Å². The number of benzene rings is 2. The molecule has 2 N–H and O–H groups in total. The minimum atomic E-state index is -1.26. The number of carboxylic acids is 2. The van der Waals surface area contributed by atoms with Gasteiger partial charge < -0.3 is 19.8 Å². The zero-order valence-corrected chi connectivity index (χ0v) is 18.1. The number of aliphatic carboxylic acids is 2. The normalized spacial score (nSPS) is 14.8. The summed E-state index contributed by atoms with van der Waals surface area (Å²) in [5, 5.41) is 21.9. The summed E-state index contributed by atoms with van der Waals surface area (Å²) in [7, 11) is 3.91. The molecule has 2 aromatic carbocycles. The van der Waals surface area contributed by atoms with Gasteiger partial charge in [0.2, 0.25) is 0 Å². The second-order valence-corrected chi connectivity index (χ2v) is 7.57. The van der Waals surface area contributed by atoms with Gasteiger partial charge in [-0.25, -0.2) is 14.3 Å². The zero-order chi connectivity index (χ0) is 23.1. The molecule has 0 aliphatic carbocycles. The molecule has 8 heteroatoms. The highest BCUT2D eigenvalue weighted by atomic mass is 16.5. The van der Waals surface area contributed by atoms with Crippen LogP contribution in [0.2, 0.25) is 0 Å². The van der Waals surface area contributed by atoms with E-state index in [4.69, 9.17) is 20.0 Å². The highest BCUT2D eigenvalue weighted by molar-refractivity contribution is 5.89. The van der Waals surface area contributed by atoms with Crippen molar-refractivity contribution >= 4 is 22.8 Å². The lowest BCUT2D eigenvalue weighted by atomic mass is 9.92. The number of nitrogens with zero attached hydrogens (tertiary/aromatic N) is 3. The number of carbonyl (C=O) groups is 2. The predicted octanol–water partition coefficient (Wildman–Crippen LogP) is 3.56. The van der Waals surface area contributed by atoms with Crippen molar-refractivity contribution in [2.75, 3.05) is 27.2 Å². The Morgan fingerprint density at radius 3 is 2.22 bits per heavy atom. The van der Waals surface area contributed by atoms with E-state index >= 15 is 0 Å². The first kappa shape index (κ1) is 23.0. The molecule has 8 nitrogen and oxygen atoms in total. The van der Waals surface area contributed by atoms with Gasteiger partial charge in [0.05, 0.1) is 18.3 Å². The predicted molar refractivity (Wildman–Crippen MR) is 122 cm³/mol. The average molecular weight is 437 g/mol. The number of carboxylic acid groups (broad SMARTS) is 2. The lowest BCUT2D eigenvalue weighted by molar-refractivity contribution is -0.134. The fourth-order valence-electron chi connectivity index (χ4n) is 3.80. The summed E-state index contributed by atoms with van der Waals surface area (Å²) in [4.78, 5) is 21.5. The molecule has 0 saturated carbocycles. The Labute approximate surface area is 186 Å². The fraction of sp³-hybridized carbons (Fsp3) is 0.292. The van der Waals surface area contributed by atoms with E-state index in [1.807, 2.05) is 22.9 Å². The van der Waals surface area contributed by atoms with E-state index in [1.165, 1.54) is 23.9 Å². The summed E-state index contributed by atoms with van der Waals surface area (Å²) in [6.07, 6.45) is 3.46. The number of aromatic nitrogens is 2. The number of fused-ring (bicyclic) bond motifs is 1. The number of rotatable bonds is 5. The molecular weight excluding hydrogens is 410 g/mol. The maximum atomic E-state index is 9.55. The number of methoxy groups -OCH3 is 1. The SMILES string of the molecule is COc1ccccc1-n1nc(C2CCN(C)CC2)c2ccccc21.O=C(O)C=CC(=O)O. The van der Waals surface area contributed by atoms with Crippen LogP contribution >= 0.6 is 0 Å². The second kappa shape index (κ2) is 10.6. The monoisotopic (exact) mass is 437 g/mol. The van der Waals surface area contributed by atoms with Crippen LogP contribution in [0.3, 0.4) is 0 Å². The first-order valence-corrected chi connectivity index (χ1v) is 10.3. The molecule has 1 saturated heterocycles. The molecule has 0 spiro atoms. The number of piperidine rings is 1. The van der Waals surface area contributed by atoms with Gasteiger partial charge in [0.15, 0.2) is 0 Å². The first-order valence-electron chi connectivity index (χ1n) is 10.3. The minimum absolute atomic E-state index is 0.530. The quantitative estimate of drug-likeness (QED) is 0.588. The summed E-state index contributed by atoms with van der Waals surface area (Å²) in [6, 6.07) is 16.6. The molecule has 168 valence electrons. The lowest BCUT2D eigenvalue weighted by Gasteiger charge is -2.28. The Morgan fingerprint density at radius 2 is 1.59 bits per heavy atom. The van der Waals surface area contributed by atoms with Crippen LogP contribution in [0, 0.1) is 0 Å². The molecule has 0 amide bonds. The topological polar surface area (TPSA) is 105 Å². The third kappa shape index (κ3) is 5.53. The number of hydrogen-bond acceptors (Lipinski definition) is 5. The van der Waals surface area contributed by atoms with Gasteiger partial charge in [-0.1, -0.05) is 30.3 Å². The van der Waals surface area contributed by atoms with Gasteiger partial charge in [-0.05, 0) is 51.2 Å². The Bertz CT molecular complexity index is 1100. The summed E-state index contributed by atoms with van der Waals surface area (Å²) in [5.74, 6) is -1.14. The van der Waals surface area contributed by atoms with E-state index in [2.05, 4.69) is 42.3 Å². The maximum absolute atomic E-state index is 9.55. The van der Waals surface area contributed by atoms with E-state index in [0.29, 0.717) is 18.1 Å². The molecule has 0 unspecified atom stereocenters. The Balaban J connectivity index is 0.000000312. The van der Waals surface area contributed by atoms with E-state index in [-0.39, 0.29) is 0 Å². The van der Waals surface area contributed by atoms with Gasteiger partial charge in [0.25, 0.3) is 0 Å². The van der Waals surface area contributed by atoms with Gasteiger partial charge >= 0.3 is 11.9 Å². The summed E-state index contributed by atoms with van der Waals surface area (Å²) in [6.45, 7) is 2.28. The molecule has 2 heterocycles. The van der Waals surface area contributed by atoms with Crippen molar-refractivity contribution in [1.29, 1.82) is 0 Å². The lowest BCUT2D eigenvalue weighted by Crippen LogP contribution is -2.29. The van der Waals surface area contributed by atoms with Crippen LogP contribution in [0.5, 0.6) is 5.75 Å². The maximum Gasteiger partial charge on any atom is 0.328 e. The van der Waals surface area contributed by atoms with Crippen LogP contribution in [-0.4, -0.2) is 64.1 Å². The van der Waals surface area contributed by atoms with Gasteiger partial charge in [-0.15, -0.1) is 0 Å². The number of hydrogen-bond donors (Lipinski definition) is 2. The number of likely N-dealkylation sites (tertiary alicyclic amines) is 1. The average Bonchev–Trinajstić information content (AvgIpc) is 3.18. The van der Waals surface area contributed by atoms with Crippen LogP contribution in [0.1, 0.15) is 24.5 Å². The zero-order valence-electron chi connectivity index (χ0n) is 18.1. The third-order valence-corrected chi connectivity index (χ3v) is 5.40. The molecule has 1 fully saturated rings. The number of ether oxygens (including phenoxy) is 1. The van der Waals surface area contributed by atoms with Crippen molar-refractivity contribution < 1.29 is 24.5 Å². The van der Waals surface area contributed by atoms with Gasteiger partial charge in [0.1, 0.15) is 11.4 Å². The highest BCUT2D eigenvalue weighted by Crippen LogP contribution is 2.34. The van der Waals surface area contributed by atoms with E-state index < -0.39 is 11.9 Å². The van der Waals surface area contributed by atoms with Crippen molar-refractivity contribution in [1.82, 2.24) is 14.7 Å². The van der Waals surface area contributed by atoms with Crippen LogP contribution in [0.25, 0.3) is 16.6 Å². The molecule has 3 aromatic rings. The smallest absolute Gasteiger partial charge is 0.328 e. The van der Waals surface area contributed by atoms with Crippen molar-refractivity contribution in [3.63, 3.8) is 0 Å². The Hall–Kier alpha value is -3.65. The summed E-state index contributed by atoms with van der Waals surface area (Å²) < 4.78 is 7.59. The standard InChI is InChI=1S/C20H23N3O.C4H4O4/c1-22-13-11-15(12-14-22)20-16-7-3-4-8-17(16)23(21-20)18-9-5-6-10-19(18)24-2;5-3(6)1-2-4(7)8/h3-10,15H,11-14H2,1-2H3;1-2H,(H,5,6)(H,7,8). The summed E-state index contributed by atoms with van der Waals surface area (Å²) >= 11 is 0. The first-order chi connectivity index (χ1) is 15.4. The van der Waals surface area contributed by atoms with E-state index in [1.54, 1.807) is 7.11 Å². The Morgan fingerprint density at radius 1 is 1.00 bits per heavy atom. The fourth-order valence-corrected chi connectivity index (χ4v) is 3.80. The van der Waals surface area contributed by atoms with Gasteiger partial charge in [0, 0.05) is 23.5 Å². The van der Waals surface area contributed by atoms with E-state index in [0.717, 1.165) is 30.0 Å². The molecular formula is C24H27N3O5. The minimum Gasteiger partial charge on any atom is -0.494 e.